The minimum absolute atomic E-state index is 0. The summed E-state index contributed by atoms with van der Waals surface area (Å²) >= 11 is 0. The number of benzene rings is 1. The molecule has 2 spiro atoms. The summed E-state index contributed by atoms with van der Waals surface area (Å²) in [6.07, 6.45) is 11.3. The second-order valence-electron chi connectivity index (χ2n) is 13.3. The van der Waals surface area contributed by atoms with E-state index in [0.29, 0.717) is 12.0 Å². The molecule has 6 fully saturated rings. The van der Waals surface area contributed by atoms with Crippen LogP contribution in [0.2, 0.25) is 0 Å². The zero-order valence-electron chi connectivity index (χ0n) is 21.1. The molecule has 9 rings (SSSR count). The summed E-state index contributed by atoms with van der Waals surface area (Å²) in [7, 11) is 1.86. The molecule has 35 heavy (non-hydrogen) atoms. The number of ether oxygens (including phenoxy) is 2. The molecule has 6 heteroatoms. The van der Waals surface area contributed by atoms with Gasteiger partial charge in [0, 0.05) is 42.0 Å². The Morgan fingerprint density at radius 3 is 2.66 bits per heavy atom. The molecule has 7 atom stereocenters. The average Bonchev–Trinajstić information content (AvgIpc) is 3.52. The van der Waals surface area contributed by atoms with Gasteiger partial charge < -0.3 is 19.7 Å². The van der Waals surface area contributed by atoms with Gasteiger partial charge in [0.2, 0.25) is 0 Å². The molecule has 0 aromatic heterocycles. The third kappa shape index (κ3) is 2.48. The molecular formula is C29H40ClNO4. The number of fused-ring (bicyclic) bond motifs is 2. The lowest BCUT2D eigenvalue weighted by Gasteiger charge is -2.75. The lowest BCUT2D eigenvalue weighted by Crippen LogP contribution is -2.83. The average molecular weight is 502 g/mol. The molecule has 2 N–H and O–H groups in total. The monoisotopic (exact) mass is 501 g/mol. The van der Waals surface area contributed by atoms with E-state index in [2.05, 4.69) is 17.9 Å². The van der Waals surface area contributed by atoms with Crippen molar-refractivity contribution < 1.29 is 19.7 Å². The molecule has 192 valence electrons. The summed E-state index contributed by atoms with van der Waals surface area (Å²) < 4.78 is 13.5. The van der Waals surface area contributed by atoms with E-state index in [1.807, 2.05) is 13.2 Å². The maximum Gasteiger partial charge on any atom is 0.165 e. The van der Waals surface area contributed by atoms with Crippen LogP contribution >= 0.6 is 12.4 Å². The summed E-state index contributed by atoms with van der Waals surface area (Å²) in [6, 6.07) is 4.52. The van der Waals surface area contributed by atoms with Crippen LogP contribution in [-0.2, 0) is 16.6 Å². The van der Waals surface area contributed by atoms with E-state index in [4.69, 9.17) is 9.47 Å². The molecule has 1 unspecified atom stereocenters. The van der Waals surface area contributed by atoms with Gasteiger partial charge >= 0.3 is 0 Å². The Labute approximate surface area is 215 Å². The number of aliphatic hydroxyl groups is 1. The number of hydrogen-bond acceptors (Lipinski definition) is 5. The molecule has 4 bridgehead atoms. The van der Waals surface area contributed by atoms with Gasteiger partial charge in [-0.15, -0.1) is 12.4 Å². The van der Waals surface area contributed by atoms with Crippen LogP contribution in [0.3, 0.4) is 0 Å². The Kier molecular flexibility index (Phi) is 4.69. The van der Waals surface area contributed by atoms with Crippen molar-refractivity contribution in [2.75, 3.05) is 20.2 Å². The van der Waals surface area contributed by atoms with Crippen LogP contribution in [-0.4, -0.2) is 58.7 Å². The molecule has 1 aromatic carbocycles. The van der Waals surface area contributed by atoms with Gasteiger partial charge in [0.05, 0.1) is 5.60 Å². The number of halogens is 1. The molecule has 0 amide bonds. The van der Waals surface area contributed by atoms with Gasteiger partial charge in [-0.25, -0.2) is 0 Å². The predicted molar refractivity (Wildman–Crippen MR) is 135 cm³/mol. The van der Waals surface area contributed by atoms with E-state index in [-0.39, 0.29) is 41.0 Å². The number of methoxy groups -OCH3 is 1. The van der Waals surface area contributed by atoms with Crippen LogP contribution in [0.15, 0.2) is 12.1 Å². The van der Waals surface area contributed by atoms with Gasteiger partial charge in [-0.2, -0.15) is 0 Å². The van der Waals surface area contributed by atoms with Crippen LogP contribution in [0.25, 0.3) is 0 Å². The summed E-state index contributed by atoms with van der Waals surface area (Å²) in [6.45, 7) is 4.45. The highest BCUT2D eigenvalue weighted by Crippen LogP contribution is 2.78. The first-order chi connectivity index (χ1) is 16.4. The summed E-state index contributed by atoms with van der Waals surface area (Å²) in [5.74, 6) is 2.30. The Morgan fingerprint density at radius 2 is 1.97 bits per heavy atom. The smallest absolute Gasteiger partial charge is 0.165 e. The first-order valence-corrected chi connectivity index (χ1v) is 13.9. The minimum Gasteiger partial charge on any atom is -0.504 e. The third-order valence-corrected chi connectivity index (χ3v) is 12.3. The SMILES string of the molecule is CO[C@]12CC[C@@]3(C[C@@H]1[C@@](C)(O)C1CCC1)C1Cc4ccc(O)c5c4[C@@]3(CCN1CC1CC1)[C@H]2O5.Cl. The van der Waals surface area contributed by atoms with E-state index in [0.717, 1.165) is 63.2 Å². The highest BCUT2D eigenvalue weighted by atomic mass is 35.5. The molecule has 2 aliphatic heterocycles. The van der Waals surface area contributed by atoms with Crippen LogP contribution in [0.1, 0.15) is 75.8 Å². The van der Waals surface area contributed by atoms with E-state index in [9.17, 15) is 10.2 Å². The maximum absolute atomic E-state index is 12.2. The number of piperidine rings is 1. The Bertz CT molecular complexity index is 1070. The van der Waals surface area contributed by atoms with Crippen molar-refractivity contribution in [3.63, 3.8) is 0 Å². The van der Waals surface area contributed by atoms with E-state index >= 15 is 0 Å². The number of aromatic hydroxyl groups is 1. The van der Waals surface area contributed by atoms with Crippen LogP contribution in [0, 0.1) is 23.2 Å². The highest BCUT2D eigenvalue weighted by molar-refractivity contribution is 5.85. The Morgan fingerprint density at radius 1 is 1.17 bits per heavy atom. The number of hydrogen-bond donors (Lipinski definition) is 2. The van der Waals surface area contributed by atoms with E-state index in [1.54, 1.807) is 0 Å². The van der Waals surface area contributed by atoms with Crippen LogP contribution < -0.4 is 4.74 Å². The first kappa shape index (κ1) is 23.1. The fourth-order valence-corrected chi connectivity index (χ4v) is 10.4. The Balaban J connectivity index is 0.00000210. The molecule has 0 radical (unpaired) electrons. The van der Waals surface area contributed by atoms with Crippen molar-refractivity contribution in [3.8, 4) is 11.5 Å². The summed E-state index contributed by atoms with van der Waals surface area (Å²) in [5, 5.41) is 23.1. The predicted octanol–water partition coefficient (Wildman–Crippen LogP) is 4.59. The number of nitrogens with zero attached hydrogens (tertiary/aromatic N) is 1. The zero-order valence-corrected chi connectivity index (χ0v) is 21.9. The van der Waals surface area contributed by atoms with Gasteiger partial charge in [0.1, 0.15) is 11.7 Å². The molecule has 5 saturated carbocycles. The fourth-order valence-electron chi connectivity index (χ4n) is 10.4. The molecule has 6 aliphatic carbocycles. The number of phenols is 1. The second-order valence-corrected chi connectivity index (χ2v) is 13.3. The van der Waals surface area contributed by atoms with Gasteiger partial charge in [-0.3, -0.25) is 4.90 Å². The fraction of sp³-hybridized carbons (Fsp3) is 0.793. The van der Waals surface area contributed by atoms with Gasteiger partial charge in [0.25, 0.3) is 0 Å². The van der Waals surface area contributed by atoms with Crippen molar-refractivity contribution in [1.82, 2.24) is 4.90 Å². The van der Waals surface area contributed by atoms with Crippen LogP contribution in [0.4, 0.5) is 0 Å². The van der Waals surface area contributed by atoms with Crippen LogP contribution in [0.5, 0.6) is 11.5 Å². The van der Waals surface area contributed by atoms with E-state index in [1.165, 1.54) is 36.9 Å². The van der Waals surface area contributed by atoms with Gasteiger partial charge in [-0.1, -0.05) is 12.5 Å². The van der Waals surface area contributed by atoms with Crippen molar-refractivity contribution >= 4 is 12.4 Å². The maximum atomic E-state index is 12.2. The van der Waals surface area contributed by atoms with Crippen molar-refractivity contribution in [2.24, 2.45) is 23.2 Å². The third-order valence-electron chi connectivity index (χ3n) is 12.3. The number of likely N-dealkylation sites (tertiary alicyclic amines) is 1. The Hall–Kier alpha value is -1.01. The van der Waals surface area contributed by atoms with Crippen molar-refractivity contribution in [3.05, 3.63) is 23.3 Å². The standard InChI is InChI=1S/C29H39NO4.ClH/c1-26(32,19-4-3-5-19)21-15-27-10-11-29(21,33-2)25-28(27)12-13-30(16-17-6-7-17)22(27)14-18-8-9-20(31)24(34-25)23(18)28;/h8-9,17,19,21-22,25,31-32H,3-7,10-16H2,1-2H3;1H/t21-,22?,25-,26+,27-,28+,29-;/m1./s1. The minimum atomic E-state index is -0.751. The lowest BCUT2D eigenvalue weighted by atomic mass is 9.33. The lowest BCUT2D eigenvalue weighted by molar-refractivity contribution is -0.310. The topological polar surface area (TPSA) is 62.2 Å². The van der Waals surface area contributed by atoms with E-state index < -0.39 is 11.2 Å². The molecule has 5 nitrogen and oxygen atoms in total. The number of rotatable bonds is 5. The zero-order chi connectivity index (χ0) is 23.1. The largest absolute Gasteiger partial charge is 0.504 e. The second kappa shape index (κ2) is 7.09. The first-order valence-electron chi connectivity index (χ1n) is 13.9. The number of phenolic OH excluding ortho intramolecular Hbond substituents is 1. The van der Waals surface area contributed by atoms with Crippen molar-refractivity contribution in [2.45, 2.75) is 99.9 Å². The molecule has 8 aliphatic rings. The summed E-state index contributed by atoms with van der Waals surface area (Å²) in [5.41, 5.74) is 1.40. The normalized spacial score (nSPS) is 44.6. The molecular weight excluding hydrogens is 462 g/mol. The molecule has 1 saturated heterocycles. The molecule has 2 heterocycles. The quantitative estimate of drug-likeness (QED) is 0.618. The molecule has 1 aromatic rings. The van der Waals surface area contributed by atoms with Gasteiger partial charge in [0.15, 0.2) is 11.5 Å². The summed E-state index contributed by atoms with van der Waals surface area (Å²) in [4.78, 5) is 2.84. The highest BCUT2D eigenvalue weighted by Gasteiger charge is 2.82. The van der Waals surface area contributed by atoms with Gasteiger partial charge in [-0.05, 0) is 94.7 Å². The van der Waals surface area contributed by atoms with Crippen molar-refractivity contribution in [1.29, 1.82) is 0 Å².